The number of hydrogen-bond acceptors (Lipinski definition) is 3. The summed E-state index contributed by atoms with van der Waals surface area (Å²) in [6.45, 7) is 3.72. The molecular formula is C23H34F3N3O2. The Bertz CT molecular complexity index is 727. The molecule has 1 heterocycles. The van der Waals surface area contributed by atoms with E-state index in [9.17, 15) is 13.2 Å². The topological polar surface area (TPSA) is 46.1 Å². The number of methoxy groups -OCH3 is 1. The summed E-state index contributed by atoms with van der Waals surface area (Å²) in [6.07, 6.45) is 1.51. The van der Waals surface area contributed by atoms with Crippen LogP contribution in [0.3, 0.4) is 0 Å². The molecule has 0 spiro atoms. The van der Waals surface area contributed by atoms with E-state index >= 15 is 0 Å². The molecule has 0 atom stereocenters. The molecule has 1 aliphatic carbocycles. The van der Waals surface area contributed by atoms with E-state index in [1.807, 2.05) is 6.07 Å². The first-order chi connectivity index (χ1) is 14.9. The van der Waals surface area contributed by atoms with Gasteiger partial charge in [-0.05, 0) is 43.7 Å². The molecule has 1 saturated heterocycles. The highest BCUT2D eigenvalue weighted by molar-refractivity contribution is 5.80. The van der Waals surface area contributed by atoms with Gasteiger partial charge in [0.05, 0.1) is 11.7 Å². The van der Waals surface area contributed by atoms with Gasteiger partial charge in [-0.3, -0.25) is 4.99 Å². The van der Waals surface area contributed by atoms with Crippen LogP contribution in [0.25, 0.3) is 0 Å². The average molecular weight is 442 g/mol. The van der Waals surface area contributed by atoms with Crippen LogP contribution in [0.4, 0.5) is 13.2 Å². The molecule has 5 nitrogen and oxygen atoms in total. The molecule has 1 aliphatic heterocycles. The van der Waals surface area contributed by atoms with Crippen molar-refractivity contribution >= 4 is 5.96 Å². The van der Waals surface area contributed by atoms with Gasteiger partial charge in [-0.2, -0.15) is 13.2 Å². The maximum Gasteiger partial charge on any atom is 0.416 e. The minimum Gasteiger partial charge on any atom is -0.385 e. The van der Waals surface area contributed by atoms with Crippen LogP contribution in [0.15, 0.2) is 29.3 Å². The minimum atomic E-state index is -4.32. The summed E-state index contributed by atoms with van der Waals surface area (Å²) >= 11 is 0. The van der Waals surface area contributed by atoms with Gasteiger partial charge < -0.3 is 19.7 Å². The lowest BCUT2D eigenvalue weighted by Crippen LogP contribution is -2.52. The summed E-state index contributed by atoms with van der Waals surface area (Å²) in [5.74, 6) is 0.816. The number of benzene rings is 1. The van der Waals surface area contributed by atoms with Gasteiger partial charge in [0.15, 0.2) is 5.96 Å². The van der Waals surface area contributed by atoms with Crippen LogP contribution in [0.1, 0.15) is 49.7 Å². The van der Waals surface area contributed by atoms with Crippen molar-refractivity contribution in [3.8, 4) is 0 Å². The Kier molecular flexibility index (Phi) is 8.22. The Morgan fingerprint density at radius 2 is 1.97 bits per heavy atom. The third kappa shape index (κ3) is 6.13. The molecule has 8 heteroatoms. The lowest BCUT2D eigenvalue weighted by molar-refractivity contribution is -0.137. The summed E-state index contributed by atoms with van der Waals surface area (Å²) in [5.41, 5.74) is -0.0760. The number of halogens is 3. The van der Waals surface area contributed by atoms with Gasteiger partial charge >= 0.3 is 6.18 Å². The van der Waals surface area contributed by atoms with Crippen molar-refractivity contribution in [3.05, 3.63) is 35.4 Å². The molecule has 1 aromatic carbocycles. The fraction of sp³-hybridized carbons (Fsp3) is 0.696. The van der Waals surface area contributed by atoms with Crippen molar-refractivity contribution < 1.29 is 22.6 Å². The Morgan fingerprint density at radius 3 is 2.55 bits per heavy atom. The first-order valence-corrected chi connectivity index (χ1v) is 11.1. The molecule has 0 bridgehead atoms. The van der Waals surface area contributed by atoms with E-state index in [2.05, 4.69) is 15.2 Å². The van der Waals surface area contributed by atoms with E-state index < -0.39 is 11.7 Å². The molecule has 1 N–H and O–H groups in total. The maximum atomic E-state index is 13.2. The summed E-state index contributed by atoms with van der Waals surface area (Å²) < 4.78 is 50.5. The molecular weight excluding hydrogens is 407 g/mol. The first-order valence-electron chi connectivity index (χ1n) is 11.1. The Morgan fingerprint density at radius 1 is 1.23 bits per heavy atom. The molecule has 0 unspecified atom stereocenters. The highest BCUT2D eigenvalue weighted by atomic mass is 19.4. The molecule has 174 valence electrons. The lowest BCUT2D eigenvalue weighted by atomic mass is 9.64. The number of piperidine rings is 1. The van der Waals surface area contributed by atoms with Crippen molar-refractivity contribution in [2.24, 2.45) is 4.99 Å². The van der Waals surface area contributed by atoms with Crippen molar-refractivity contribution in [3.63, 3.8) is 0 Å². The van der Waals surface area contributed by atoms with Crippen molar-refractivity contribution in [2.45, 2.75) is 56.2 Å². The first kappa shape index (κ1) is 23.9. The second-order valence-corrected chi connectivity index (χ2v) is 8.52. The number of hydrogen-bond donors (Lipinski definition) is 1. The van der Waals surface area contributed by atoms with Gasteiger partial charge in [-0.1, -0.05) is 24.6 Å². The SMILES string of the molecule is CN=C(NCC1(c2cccc(C(F)(F)F)c2)CCC1)N1CCC(OCCCOC)CC1. The molecule has 3 rings (SSSR count). The minimum absolute atomic E-state index is 0.259. The second kappa shape index (κ2) is 10.7. The fourth-order valence-corrected chi connectivity index (χ4v) is 4.46. The monoisotopic (exact) mass is 441 g/mol. The number of alkyl halides is 3. The van der Waals surface area contributed by atoms with E-state index in [1.165, 1.54) is 12.1 Å². The molecule has 2 fully saturated rings. The number of guanidine groups is 1. The molecule has 0 amide bonds. The highest BCUT2D eigenvalue weighted by Crippen LogP contribution is 2.44. The van der Waals surface area contributed by atoms with Gasteiger partial charge in [-0.15, -0.1) is 0 Å². The molecule has 31 heavy (non-hydrogen) atoms. The smallest absolute Gasteiger partial charge is 0.385 e. The number of nitrogens with one attached hydrogen (secondary N) is 1. The molecule has 1 saturated carbocycles. The predicted octanol–water partition coefficient (Wildman–Crippen LogP) is 4.22. The maximum absolute atomic E-state index is 13.2. The van der Waals surface area contributed by atoms with E-state index in [4.69, 9.17) is 9.47 Å². The van der Waals surface area contributed by atoms with E-state index in [1.54, 1.807) is 14.2 Å². The van der Waals surface area contributed by atoms with Crippen molar-refractivity contribution in [1.29, 1.82) is 0 Å². The molecule has 2 aliphatic rings. The molecule has 0 aromatic heterocycles. The number of rotatable bonds is 8. The zero-order chi connectivity index (χ0) is 22.3. The third-order valence-corrected chi connectivity index (χ3v) is 6.50. The summed E-state index contributed by atoms with van der Waals surface area (Å²) in [5, 5.41) is 3.45. The highest BCUT2D eigenvalue weighted by Gasteiger charge is 2.40. The average Bonchev–Trinajstić information content (AvgIpc) is 2.73. The quantitative estimate of drug-likeness (QED) is 0.373. The van der Waals surface area contributed by atoms with Gasteiger partial charge in [0.2, 0.25) is 0 Å². The summed E-state index contributed by atoms with van der Waals surface area (Å²) in [4.78, 5) is 6.65. The number of ether oxygens (including phenoxy) is 2. The van der Waals surface area contributed by atoms with Crippen LogP contribution in [0.5, 0.6) is 0 Å². The third-order valence-electron chi connectivity index (χ3n) is 6.50. The van der Waals surface area contributed by atoms with Crippen molar-refractivity contribution in [2.75, 3.05) is 47.0 Å². The van der Waals surface area contributed by atoms with Crippen LogP contribution in [0.2, 0.25) is 0 Å². The molecule has 0 radical (unpaired) electrons. The van der Waals surface area contributed by atoms with Crippen LogP contribution in [-0.4, -0.2) is 64.0 Å². The van der Waals surface area contributed by atoms with Crippen LogP contribution in [0, 0.1) is 0 Å². The van der Waals surface area contributed by atoms with Gasteiger partial charge in [0.25, 0.3) is 0 Å². The summed E-state index contributed by atoms with van der Waals surface area (Å²) in [7, 11) is 3.45. The predicted molar refractivity (Wildman–Crippen MR) is 115 cm³/mol. The van der Waals surface area contributed by atoms with Crippen LogP contribution in [-0.2, 0) is 21.1 Å². The molecule has 1 aromatic rings. The zero-order valence-electron chi connectivity index (χ0n) is 18.5. The van der Waals surface area contributed by atoms with E-state index in [-0.39, 0.29) is 11.5 Å². The zero-order valence-corrected chi connectivity index (χ0v) is 18.5. The Labute approximate surface area is 183 Å². The van der Waals surface area contributed by atoms with Crippen LogP contribution < -0.4 is 5.32 Å². The van der Waals surface area contributed by atoms with Crippen LogP contribution >= 0.6 is 0 Å². The number of aliphatic imine (C=N–C) groups is 1. The Hall–Kier alpha value is -1.80. The number of nitrogens with zero attached hydrogens (tertiary/aromatic N) is 2. The summed E-state index contributed by atoms with van der Waals surface area (Å²) in [6, 6.07) is 5.80. The van der Waals surface area contributed by atoms with Gasteiger partial charge in [0.1, 0.15) is 0 Å². The fourth-order valence-electron chi connectivity index (χ4n) is 4.46. The standard InChI is InChI=1S/C23H34F3N3O2/c1-27-21(29-12-8-20(9-13-29)31-15-5-14-30-2)28-17-22(10-4-11-22)18-6-3-7-19(16-18)23(24,25)26/h3,6-7,16,20H,4-5,8-15,17H2,1-2H3,(H,27,28). The number of likely N-dealkylation sites (tertiary alicyclic amines) is 1. The van der Waals surface area contributed by atoms with E-state index in [0.717, 1.165) is 69.2 Å². The largest absolute Gasteiger partial charge is 0.416 e. The normalized spacial score (nSPS) is 19.9. The second-order valence-electron chi connectivity index (χ2n) is 8.52. The van der Waals surface area contributed by atoms with E-state index in [0.29, 0.717) is 19.8 Å². The van der Waals surface area contributed by atoms with Crippen molar-refractivity contribution in [1.82, 2.24) is 10.2 Å². The van der Waals surface area contributed by atoms with Gasteiger partial charge in [-0.25, -0.2) is 0 Å². The Balaban J connectivity index is 1.54. The van der Waals surface area contributed by atoms with Gasteiger partial charge in [0, 0.05) is 52.4 Å². The lowest BCUT2D eigenvalue weighted by Gasteiger charge is -2.44.